The van der Waals surface area contributed by atoms with Crippen molar-refractivity contribution in [1.82, 2.24) is 5.43 Å². The third kappa shape index (κ3) is 4.13. The molecule has 0 radical (unpaired) electrons. The summed E-state index contributed by atoms with van der Waals surface area (Å²) < 4.78 is 11.3. The standard InChI is InChI=1S/C22H18N2O3S/c1-15-10-11-28-21(15)13-23-24-22(25)20-9-8-19(27-20)14-26-18-7-6-16-4-2-3-5-17(16)12-18/h2-13H,14H2,1H3,(H,24,25). The van der Waals surface area contributed by atoms with Crippen molar-refractivity contribution in [2.45, 2.75) is 13.5 Å². The number of fused-ring (bicyclic) bond motifs is 1. The van der Waals surface area contributed by atoms with Gasteiger partial charge in [0.1, 0.15) is 18.1 Å². The lowest BCUT2D eigenvalue weighted by molar-refractivity contribution is 0.0923. The van der Waals surface area contributed by atoms with Crippen LogP contribution in [0.15, 0.2) is 75.6 Å². The van der Waals surface area contributed by atoms with E-state index in [0.29, 0.717) is 5.76 Å². The molecule has 0 aliphatic rings. The fourth-order valence-electron chi connectivity index (χ4n) is 2.71. The van der Waals surface area contributed by atoms with Crippen molar-refractivity contribution in [3.63, 3.8) is 0 Å². The van der Waals surface area contributed by atoms with Gasteiger partial charge < -0.3 is 9.15 Å². The maximum absolute atomic E-state index is 12.1. The van der Waals surface area contributed by atoms with Crippen LogP contribution in [0.25, 0.3) is 10.8 Å². The van der Waals surface area contributed by atoms with E-state index in [2.05, 4.69) is 16.6 Å². The summed E-state index contributed by atoms with van der Waals surface area (Å²) in [6.45, 7) is 2.23. The van der Waals surface area contributed by atoms with Crippen molar-refractivity contribution >= 4 is 34.2 Å². The molecule has 0 unspecified atom stereocenters. The number of hydrogen-bond acceptors (Lipinski definition) is 5. The minimum absolute atomic E-state index is 0.192. The molecule has 0 saturated heterocycles. The zero-order chi connectivity index (χ0) is 19.3. The molecule has 0 aliphatic carbocycles. The molecule has 2 aromatic heterocycles. The van der Waals surface area contributed by atoms with Gasteiger partial charge in [-0.1, -0.05) is 30.3 Å². The largest absolute Gasteiger partial charge is 0.486 e. The Hall–Kier alpha value is -3.38. The van der Waals surface area contributed by atoms with Crippen LogP contribution in [0.2, 0.25) is 0 Å². The van der Waals surface area contributed by atoms with E-state index in [0.717, 1.165) is 27.0 Å². The number of thiophene rings is 1. The third-order valence-electron chi connectivity index (χ3n) is 4.24. The Morgan fingerprint density at radius 2 is 2.00 bits per heavy atom. The molecule has 1 amide bonds. The average Bonchev–Trinajstić information content (AvgIpc) is 3.35. The first-order valence-corrected chi connectivity index (χ1v) is 9.65. The van der Waals surface area contributed by atoms with Crippen LogP contribution in [0.5, 0.6) is 5.75 Å². The monoisotopic (exact) mass is 390 g/mol. The van der Waals surface area contributed by atoms with Crippen molar-refractivity contribution in [2.24, 2.45) is 5.10 Å². The number of carbonyl (C=O) groups excluding carboxylic acids is 1. The summed E-state index contributed by atoms with van der Waals surface area (Å²) >= 11 is 1.57. The number of nitrogens with one attached hydrogen (secondary N) is 1. The van der Waals surface area contributed by atoms with Gasteiger partial charge in [0.05, 0.1) is 6.21 Å². The van der Waals surface area contributed by atoms with Gasteiger partial charge in [-0.3, -0.25) is 4.79 Å². The average molecular weight is 390 g/mol. The van der Waals surface area contributed by atoms with Gasteiger partial charge >= 0.3 is 5.91 Å². The van der Waals surface area contributed by atoms with Gasteiger partial charge in [0, 0.05) is 4.88 Å². The highest BCUT2D eigenvalue weighted by molar-refractivity contribution is 7.11. The molecule has 5 nitrogen and oxygen atoms in total. The molecule has 0 aliphatic heterocycles. The summed E-state index contributed by atoms with van der Waals surface area (Å²) in [6.07, 6.45) is 1.63. The molecule has 0 atom stereocenters. The van der Waals surface area contributed by atoms with Gasteiger partial charge in [-0.15, -0.1) is 11.3 Å². The van der Waals surface area contributed by atoms with Crippen molar-refractivity contribution in [2.75, 3.05) is 0 Å². The minimum Gasteiger partial charge on any atom is -0.486 e. The van der Waals surface area contributed by atoms with Gasteiger partial charge in [-0.2, -0.15) is 5.10 Å². The number of rotatable bonds is 6. The lowest BCUT2D eigenvalue weighted by Crippen LogP contribution is -2.16. The maximum Gasteiger partial charge on any atom is 0.307 e. The highest BCUT2D eigenvalue weighted by Crippen LogP contribution is 2.21. The Bertz CT molecular complexity index is 1140. The molecule has 0 spiro atoms. The SMILES string of the molecule is Cc1ccsc1C=NNC(=O)c1ccc(COc2ccc3ccccc3c2)o1. The van der Waals surface area contributed by atoms with Gasteiger partial charge in [-0.05, 0) is 59.0 Å². The van der Waals surface area contributed by atoms with Crippen molar-refractivity contribution in [3.8, 4) is 5.75 Å². The first-order valence-electron chi connectivity index (χ1n) is 8.77. The molecule has 4 aromatic rings. The second-order valence-corrected chi connectivity index (χ2v) is 7.18. The predicted octanol–water partition coefficient (Wildman–Crippen LogP) is 5.15. The first-order chi connectivity index (χ1) is 13.7. The number of amides is 1. The molecule has 140 valence electrons. The Labute approximate surface area is 166 Å². The van der Waals surface area contributed by atoms with Crippen LogP contribution in [0.3, 0.4) is 0 Å². The molecular weight excluding hydrogens is 372 g/mol. The molecule has 0 fully saturated rings. The number of aryl methyl sites for hydroxylation is 1. The molecule has 4 rings (SSSR count). The fourth-order valence-corrected chi connectivity index (χ4v) is 3.50. The third-order valence-corrected chi connectivity index (χ3v) is 5.19. The molecule has 28 heavy (non-hydrogen) atoms. The number of hydrogen-bond donors (Lipinski definition) is 1. The van der Waals surface area contributed by atoms with Crippen LogP contribution < -0.4 is 10.2 Å². The van der Waals surface area contributed by atoms with Crippen molar-refractivity contribution in [1.29, 1.82) is 0 Å². The minimum atomic E-state index is -0.401. The summed E-state index contributed by atoms with van der Waals surface area (Å²) in [6, 6.07) is 19.3. The van der Waals surface area contributed by atoms with Crippen LogP contribution in [-0.2, 0) is 6.61 Å². The molecule has 0 bridgehead atoms. The van der Waals surface area contributed by atoms with Gasteiger partial charge in [0.2, 0.25) is 0 Å². The highest BCUT2D eigenvalue weighted by atomic mass is 32.1. The summed E-state index contributed by atoms with van der Waals surface area (Å²) in [5.74, 6) is 1.10. The van der Waals surface area contributed by atoms with E-state index in [9.17, 15) is 4.79 Å². The van der Waals surface area contributed by atoms with E-state index in [4.69, 9.17) is 9.15 Å². The lowest BCUT2D eigenvalue weighted by atomic mass is 10.1. The van der Waals surface area contributed by atoms with E-state index in [1.54, 1.807) is 29.7 Å². The number of benzene rings is 2. The Morgan fingerprint density at radius 3 is 2.82 bits per heavy atom. The number of carbonyl (C=O) groups is 1. The molecular formula is C22H18N2O3S. The molecule has 0 saturated carbocycles. The normalized spacial score (nSPS) is 11.2. The quantitative estimate of drug-likeness (QED) is 0.366. The summed E-state index contributed by atoms with van der Waals surface area (Å²) in [7, 11) is 0. The Balaban J connectivity index is 1.35. The second-order valence-electron chi connectivity index (χ2n) is 6.23. The topological polar surface area (TPSA) is 63.8 Å². The van der Waals surface area contributed by atoms with E-state index >= 15 is 0 Å². The van der Waals surface area contributed by atoms with E-state index in [1.807, 2.05) is 54.8 Å². The van der Waals surface area contributed by atoms with E-state index in [1.165, 1.54) is 0 Å². The zero-order valence-corrected chi connectivity index (χ0v) is 16.0. The summed E-state index contributed by atoms with van der Waals surface area (Å²) in [4.78, 5) is 13.1. The summed E-state index contributed by atoms with van der Waals surface area (Å²) in [5, 5.41) is 8.22. The van der Waals surface area contributed by atoms with Gasteiger partial charge in [-0.25, -0.2) is 5.43 Å². The highest BCUT2D eigenvalue weighted by Gasteiger charge is 2.11. The Morgan fingerprint density at radius 1 is 1.14 bits per heavy atom. The predicted molar refractivity (Wildman–Crippen MR) is 111 cm³/mol. The van der Waals surface area contributed by atoms with Crippen LogP contribution in [0, 0.1) is 6.92 Å². The Kier molecular flexibility index (Phi) is 5.21. The number of nitrogens with zero attached hydrogens (tertiary/aromatic N) is 1. The smallest absolute Gasteiger partial charge is 0.307 e. The molecule has 2 heterocycles. The summed E-state index contributed by atoms with van der Waals surface area (Å²) in [5.41, 5.74) is 3.59. The fraction of sp³-hybridized carbons (Fsp3) is 0.0909. The van der Waals surface area contributed by atoms with E-state index < -0.39 is 5.91 Å². The number of ether oxygens (including phenoxy) is 1. The number of hydrazone groups is 1. The van der Waals surface area contributed by atoms with Crippen molar-refractivity contribution in [3.05, 3.63) is 88.0 Å². The first kappa shape index (κ1) is 18.0. The van der Waals surface area contributed by atoms with Gasteiger partial charge in [0.25, 0.3) is 0 Å². The van der Waals surface area contributed by atoms with Crippen molar-refractivity contribution < 1.29 is 13.9 Å². The second kappa shape index (κ2) is 8.10. The van der Waals surface area contributed by atoms with Crippen LogP contribution in [0.1, 0.15) is 26.8 Å². The van der Waals surface area contributed by atoms with E-state index in [-0.39, 0.29) is 12.4 Å². The lowest BCUT2D eigenvalue weighted by Gasteiger charge is -2.05. The van der Waals surface area contributed by atoms with Gasteiger partial charge in [0.15, 0.2) is 5.76 Å². The maximum atomic E-state index is 12.1. The van der Waals surface area contributed by atoms with Crippen LogP contribution in [-0.4, -0.2) is 12.1 Å². The number of furan rings is 1. The molecule has 6 heteroatoms. The van der Waals surface area contributed by atoms with Crippen LogP contribution >= 0.6 is 11.3 Å². The molecule has 2 aromatic carbocycles. The van der Waals surface area contributed by atoms with Crippen LogP contribution in [0.4, 0.5) is 0 Å². The molecule has 1 N–H and O–H groups in total. The zero-order valence-electron chi connectivity index (χ0n) is 15.2.